The van der Waals surface area contributed by atoms with E-state index in [0.29, 0.717) is 6.04 Å². The lowest BCUT2D eigenvalue weighted by molar-refractivity contribution is 0.247. The number of benzene rings is 1. The fraction of sp³-hybridized carbons (Fsp3) is 0.571. The second-order valence-electron chi connectivity index (χ2n) is 4.91. The summed E-state index contributed by atoms with van der Waals surface area (Å²) in [6, 6.07) is 9.15. The lowest BCUT2D eigenvalue weighted by Gasteiger charge is -2.28. The third-order valence-corrected chi connectivity index (χ3v) is 3.34. The van der Waals surface area contributed by atoms with Gasteiger partial charge in [-0.3, -0.25) is 4.90 Å². The molecule has 1 aliphatic heterocycles. The van der Waals surface area contributed by atoms with Crippen LogP contribution in [0.25, 0.3) is 0 Å². The van der Waals surface area contributed by atoms with Crippen LogP contribution in [-0.4, -0.2) is 24.0 Å². The molecule has 1 aliphatic rings. The molecule has 2 nitrogen and oxygen atoms in total. The summed E-state index contributed by atoms with van der Waals surface area (Å²) in [6.07, 6.45) is 3.56. The van der Waals surface area contributed by atoms with Crippen LogP contribution in [0.15, 0.2) is 24.3 Å². The molecule has 0 radical (unpaired) electrons. The molecule has 0 fully saturated rings. The molecule has 0 aromatic heterocycles. The molecular formula is C14H22N2. The van der Waals surface area contributed by atoms with Gasteiger partial charge in [0.1, 0.15) is 0 Å². The zero-order valence-corrected chi connectivity index (χ0v) is 10.2. The molecular weight excluding hydrogens is 196 g/mol. The van der Waals surface area contributed by atoms with Gasteiger partial charge in [0.2, 0.25) is 0 Å². The van der Waals surface area contributed by atoms with E-state index in [9.17, 15) is 0 Å². The quantitative estimate of drug-likeness (QED) is 0.839. The smallest absolute Gasteiger partial charge is 0.0236 e. The highest BCUT2D eigenvalue weighted by Gasteiger charge is 2.14. The van der Waals surface area contributed by atoms with Crippen molar-refractivity contribution >= 4 is 0 Å². The largest absolute Gasteiger partial charge is 0.328 e. The highest BCUT2D eigenvalue weighted by Crippen LogP contribution is 2.18. The molecule has 88 valence electrons. The Labute approximate surface area is 98.4 Å². The van der Waals surface area contributed by atoms with E-state index in [1.165, 1.54) is 37.1 Å². The van der Waals surface area contributed by atoms with Crippen molar-refractivity contribution in [1.82, 2.24) is 4.90 Å². The Morgan fingerprint density at radius 2 is 2.06 bits per heavy atom. The van der Waals surface area contributed by atoms with Crippen molar-refractivity contribution in [3.8, 4) is 0 Å². The third-order valence-electron chi connectivity index (χ3n) is 3.34. The molecule has 0 saturated carbocycles. The van der Waals surface area contributed by atoms with Crippen molar-refractivity contribution in [2.45, 2.75) is 38.8 Å². The first kappa shape index (κ1) is 11.6. The normalized spacial score (nSPS) is 18.1. The summed E-state index contributed by atoms with van der Waals surface area (Å²) in [5.74, 6) is 0. The Morgan fingerprint density at radius 3 is 2.81 bits per heavy atom. The van der Waals surface area contributed by atoms with Crippen molar-refractivity contribution in [1.29, 1.82) is 0 Å². The van der Waals surface area contributed by atoms with Gasteiger partial charge in [-0.05, 0) is 43.9 Å². The molecule has 0 bridgehead atoms. The van der Waals surface area contributed by atoms with Gasteiger partial charge in [0, 0.05) is 19.1 Å². The number of fused-ring (bicyclic) bond motifs is 1. The number of nitrogens with zero attached hydrogens (tertiary/aromatic N) is 1. The van der Waals surface area contributed by atoms with Crippen LogP contribution in [0, 0.1) is 0 Å². The van der Waals surface area contributed by atoms with E-state index in [4.69, 9.17) is 5.73 Å². The molecule has 2 rings (SSSR count). The fourth-order valence-electron chi connectivity index (χ4n) is 2.38. The van der Waals surface area contributed by atoms with Gasteiger partial charge < -0.3 is 5.73 Å². The molecule has 1 aromatic carbocycles. The van der Waals surface area contributed by atoms with Gasteiger partial charge in [0.15, 0.2) is 0 Å². The molecule has 0 saturated heterocycles. The number of nitrogens with two attached hydrogens (primary N) is 1. The predicted molar refractivity (Wildman–Crippen MR) is 68.3 cm³/mol. The van der Waals surface area contributed by atoms with Crippen LogP contribution in [0.5, 0.6) is 0 Å². The number of rotatable bonds is 4. The molecule has 1 atom stereocenters. The molecule has 0 spiro atoms. The van der Waals surface area contributed by atoms with Gasteiger partial charge in [0.25, 0.3) is 0 Å². The molecule has 0 aliphatic carbocycles. The highest BCUT2D eigenvalue weighted by atomic mass is 15.1. The number of hydrogen-bond acceptors (Lipinski definition) is 2. The van der Waals surface area contributed by atoms with Crippen LogP contribution in [0.4, 0.5) is 0 Å². The molecule has 0 amide bonds. The predicted octanol–water partition coefficient (Wildman–Crippen LogP) is 2.17. The highest BCUT2D eigenvalue weighted by molar-refractivity contribution is 5.28. The summed E-state index contributed by atoms with van der Waals surface area (Å²) in [5.41, 5.74) is 8.81. The van der Waals surface area contributed by atoms with Crippen molar-refractivity contribution in [2.24, 2.45) is 5.73 Å². The van der Waals surface area contributed by atoms with Gasteiger partial charge in [-0.1, -0.05) is 24.3 Å². The van der Waals surface area contributed by atoms with Gasteiger partial charge >= 0.3 is 0 Å². The molecule has 1 unspecified atom stereocenters. The van der Waals surface area contributed by atoms with Crippen molar-refractivity contribution in [3.05, 3.63) is 35.4 Å². The first-order valence-corrected chi connectivity index (χ1v) is 6.30. The van der Waals surface area contributed by atoms with E-state index in [-0.39, 0.29) is 0 Å². The lowest BCUT2D eigenvalue weighted by atomic mass is 10.00. The average Bonchev–Trinajstić information content (AvgIpc) is 2.28. The second-order valence-corrected chi connectivity index (χ2v) is 4.91. The zero-order valence-electron chi connectivity index (χ0n) is 10.2. The van der Waals surface area contributed by atoms with Crippen LogP contribution in [0.2, 0.25) is 0 Å². The first-order chi connectivity index (χ1) is 7.75. The summed E-state index contributed by atoms with van der Waals surface area (Å²) in [6.45, 7) is 5.60. The van der Waals surface area contributed by atoms with E-state index in [0.717, 1.165) is 13.0 Å². The summed E-state index contributed by atoms with van der Waals surface area (Å²) in [7, 11) is 0. The van der Waals surface area contributed by atoms with E-state index < -0.39 is 0 Å². The van der Waals surface area contributed by atoms with E-state index in [2.05, 4.69) is 36.1 Å². The summed E-state index contributed by atoms with van der Waals surface area (Å²) >= 11 is 0. The minimum Gasteiger partial charge on any atom is -0.328 e. The second kappa shape index (κ2) is 5.46. The van der Waals surface area contributed by atoms with Crippen LogP contribution in [-0.2, 0) is 13.0 Å². The molecule has 2 N–H and O–H groups in total. The third kappa shape index (κ3) is 3.06. The SMILES string of the molecule is CC(N)CCCN1CCc2ccccc2C1. The van der Waals surface area contributed by atoms with Crippen molar-refractivity contribution < 1.29 is 0 Å². The Kier molecular flexibility index (Phi) is 3.97. The Bertz CT molecular complexity index is 333. The average molecular weight is 218 g/mol. The molecule has 16 heavy (non-hydrogen) atoms. The minimum atomic E-state index is 0.345. The van der Waals surface area contributed by atoms with Gasteiger partial charge in [-0.15, -0.1) is 0 Å². The van der Waals surface area contributed by atoms with Crippen LogP contribution in [0.1, 0.15) is 30.9 Å². The zero-order chi connectivity index (χ0) is 11.4. The Balaban J connectivity index is 1.83. The lowest BCUT2D eigenvalue weighted by Crippen LogP contribution is -2.32. The Hall–Kier alpha value is -0.860. The fourth-order valence-corrected chi connectivity index (χ4v) is 2.38. The summed E-state index contributed by atoms with van der Waals surface area (Å²) < 4.78 is 0. The van der Waals surface area contributed by atoms with Crippen LogP contribution in [0.3, 0.4) is 0 Å². The monoisotopic (exact) mass is 218 g/mol. The minimum absolute atomic E-state index is 0.345. The topological polar surface area (TPSA) is 29.3 Å². The van der Waals surface area contributed by atoms with E-state index in [1.54, 1.807) is 0 Å². The van der Waals surface area contributed by atoms with Crippen LogP contribution < -0.4 is 5.73 Å². The van der Waals surface area contributed by atoms with E-state index in [1.807, 2.05) is 0 Å². The van der Waals surface area contributed by atoms with Crippen LogP contribution >= 0.6 is 0 Å². The molecule has 1 aromatic rings. The Morgan fingerprint density at radius 1 is 1.31 bits per heavy atom. The van der Waals surface area contributed by atoms with Gasteiger partial charge in [-0.2, -0.15) is 0 Å². The van der Waals surface area contributed by atoms with Gasteiger partial charge in [-0.25, -0.2) is 0 Å². The summed E-state index contributed by atoms with van der Waals surface area (Å²) in [5, 5.41) is 0. The van der Waals surface area contributed by atoms with Gasteiger partial charge in [0.05, 0.1) is 0 Å². The molecule has 1 heterocycles. The standard InChI is InChI=1S/C14H22N2/c1-12(15)5-4-9-16-10-8-13-6-2-3-7-14(13)11-16/h2-3,6-7,12H,4-5,8-11,15H2,1H3. The summed E-state index contributed by atoms with van der Waals surface area (Å²) in [4.78, 5) is 2.55. The maximum Gasteiger partial charge on any atom is 0.0236 e. The maximum atomic E-state index is 5.77. The first-order valence-electron chi connectivity index (χ1n) is 6.30. The van der Waals surface area contributed by atoms with Crippen molar-refractivity contribution in [2.75, 3.05) is 13.1 Å². The van der Waals surface area contributed by atoms with Crippen molar-refractivity contribution in [3.63, 3.8) is 0 Å². The maximum absolute atomic E-state index is 5.77. The van der Waals surface area contributed by atoms with E-state index >= 15 is 0 Å². The number of hydrogen-bond donors (Lipinski definition) is 1. The molecule has 2 heteroatoms.